The molecule has 2 heterocycles. The number of rotatable bonds is 6. The minimum Gasteiger partial charge on any atom is -0.420 e. The van der Waals surface area contributed by atoms with E-state index in [9.17, 15) is 18.7 Å². The van der Waals surface area contributed by atoms with Crippen LogP contribution >= 0.6 is 11.6 Å². The molecule has 168 valence electrons. The highest BCUT2D eigenvalue weighted by Gasteiger charge is 2.27. The van der Waals surface area contributed by atoms with E-state index in [1.54, 1.807) is 12.1 Å². The van der Waals surface area contributed by atoms with Gasteiger partial charge in [0, 0.05) is 52.9 Å². The number of nitrogens with one attached hydrogen (secondary N) is 2. The van der Waals surface area contributed by atoms with Crippen LogP contribution in [-0.4, -0.2) is 46.0 Å². The number of aliphatic hydroxyl groups is 1. The maximum absolute atomic E-state index is 12.8. The van der Waals surface area contributed by atoms with Gasteiger partial charge in [-0.3, -0.25) is 9.89 Å². The van der Waals surface area contributed by atoms with Gasteiger partial charge >= 0.3 is 5.57 Å². The molecule has 3 N–H and O–H groups in total. The van der Waals surface area contributed by atoms with Gasteiger partial charge in [-0.2, -0.15) is 5.10 Å². The number of hydrogen-bond acceptors (Lipinski definition) is 5. The lowest BCUT2D eigenvalue weighted by Gasteiger charge is -2.21. The number of hydrogen-bond donors (Lipinski definition) is 3. The third-order valence-electron chi connectivity index (χ3n) is 5.09. The number of ether oxygens (including phenoxy) is 1. The average molecular weight is 463 g/mol. The van der Waals surface area contributed by atoms with Crippen molar-refractivity contribution in [2.45, 2.75) is 25.0 Å². The predicted octanol–water partition coefficient (Wildman–Crippen LogP) is 4.38. The molecule has 0 radical (unpaired) electrons. The molecule has 0 bridgehead atoms. The number of aliphatic hydroxyl groups excluding tert-OH is 1. The first-order valence-corrected chi connectivity index (χ1v) is 10.3. The minimum atomic E-state index is -3.81. The molecule has 1 amide bonds. The van der Waals surface area contributed by atoms with Gasteiger partial charge in [-0.1, -0.05) is 0 Å². The maximum Gasteiger partial charge on any atom is 0.487 e. The van der Waals surface area contributed by atoms with Gasteiger partial charge in [0.05, 0.1) is 11.8 Å². The Morgan fingerprint density at radius 2 is 2.03 bits per heavy atom. The molecule has 7 nitrogen and oxygen atoms in total. The summed E-state index contributed by atoms with van der Waals surface area (Å²) in [6.07, 6.45) is 0.286. The summed E-state index contributed by atoms with van der Waals surface area (Å²) in [4.78, 5) is 14.9. The second-order valence-corrected chi connectivity index (χ2v) is 8.02. The molecule has 1 aliphatic rings. The molecule has 0 saturated carbocycles. The smallest absolute Gasteiger partial charge is 0.420 e. The minimum absolute atomic E-state index is 0.128. The van der Waals surface area contributed by atoms with E-state index in [1.807, 2.05) is 19.1 Å². The summed E-state index contributed by atoms with van der Waals surface area (Å²) in [7, 11) is 0. The number of carbonyl (C=O) groups is 1. The summed E-state index contributed by atoms with van der Waals surface area (Å²) < 4.78 is 29.7. The molecule has 1 aromatic heterocycles. The van der Waals surface area contributed by atoms with E-state index in [2.05, 4.69) is 25.2 Å². The molecule has 0 aliphatic carbocycles. The van der Waals surface area contributed by atoms with Crippen LogP contribution in [0.1, 0.15) is 22.5 Å². The van der Waals surface area contributed by atoms with Crippen molar-refractivity contribution in [1.29, 1.82) is 0 Å². The van der Waals surface area contributed by atoms with Crippen LogP contribution in [0.25, 0.3) is 11.3 Å². The van der Waals surface area contributed by atoms with Crippen LogP contribution in [0.4, 0.5) is 20.2 Å². The molecular formula is C22H21ClF2N4O3. The van der Waals surface area contributed by atoms with Crippen molar-refractivity contribution < 1.29 is 23.4 Å². The lowest BCUT2D eigenvalue weighted by Crippen LogP contribution is -2.22. The Balaban J connectivity index is 1.57. The monoisotopic (exact) mass is 462 g/mol. The summed E-state index contributed by atoms with van der Waals surface area (Å²) in [6, 6.07) is 12.6. The van der Waals surface area contributed by atoms with Gasteiger partial charge in [0.15, 0.2) is 0 Å². The largest absolute Gasteiger partial charge is 0.487 e. The molecule has 3 aromatic rings. The number of benzene rings is 2. The Kier molecular flexibility index (Phi) is 6.03. The molecule has 2 aromatic carbocycles. The summed E-state index contributed by atoms with van der Waals surface area (Å²) in [5.41, 5.74) is 0.223. The zero-order chi connectivity index (χ0) is 22.9. The van der Waals surface area contributed by atoms with Gasteiger partial charge < -0.3 is 20.1 Å². The Hall–Kier alpha value is -3.17. The molecular weight excluding hydrogens is 442 g/mol. The Morgan fingerprint density at radius 3 is 2.62 bits per heavy atom. The normalized spacial score (nSPS) is 16.3. The van der Waals surface area contributed by atoms with Crippen LogP contribution < -0.4 is 15.0 Å². The van der Waals surface area contributed by atoms with Crippen molar-refractivity contribution in [3.63, 3.8) is 0 Å². The first-order valence-electron chi connectivity index (χ1n) is 9.94. The molecule has 1 unspecified atom stereocenters. The number of H-pyrrole nitrogens is 1. The fourth-order valence-electron chi connectivity index (χ4n) is 3.62. The third-order valence-corrected chi connectivity index (χ3v) is 5.17. The average Bonchev–Trinajstić information content (AvgIpc) is 3.36. The van der Waals surface area contributed by atoms with Gasteiger partial charge in [-0.25, -0.2) is 0 Å². The van der Waals surface area contributed by atoms with Crippen molar-refractivity contribution in [3.05, 3.63) is 59.8 Å². The van der Waals surface area contributed by atoms with E-state index in [-0.39, 0.29) is 11.7 Å². The molecule has 4 rings (SSSR count). The number of aryl methyl sites for hydroxylation is 1. The van der Waals surface area contributed by atoms with Gasteiger partial charge in [-0.05, 0) is 61.9 Å². The van der Waals surface area contributed by atoms with Crippen LogP contribution in [0.5, 0.6) is 5.75 Å². The van der Waals surface area contributed by atoms with E-state index in [1.165, 1.54) is 24.3 Å². The summed E-state index contributed by atoms with van der Waals surface area (Å²) >= 11 is 4.76. The van der Waals surface area contributed by atoms with Crippen LogP contribution in [0, 0.1) is 6.92 Å². The van der Waals surface area contributed by atoms with Crippen LogP contribution in [0.15, 0.2) is 48.5 Å². The van der Waals surface area contributed by atoms with E-state index in [4.69, 9.17) is 11.6 Å². The quantitative estimate of drug-likeness (QED) is 0.473. The molecule has 0 spiro atoms. The van der Waals surface area contributed by atoms with Crippen molar-refractivity contribution >= 4 is 28.9 Å². The zero-order valence-corrected chi connectivity index (χ0v) is 17.9. The van der Waals surface area contributed by atoms with Crippen molar-refractivity contribution in [2.75, 3.05) is 23.3 Å². The molecule has 32 heavy (non-hydrogen) atoms. The molecule has 1 fully saturated rings. The number of carbonyl (C=O) groups excluding carboxylic acids is 1. The highest BCUT2D eigenvalue weighted by atomic mass is 35.5. The second-order valence-electron chi connectivity index (χ2n) is 7.58. The Morgan fingerprint density at radius 1 is 1.28 bits per heavy atom. The fraction of sp³-hybridized carbons (Fsp3) is 0.273. The number of amides is 1. The molecule has 1 saturated heterocycles. The van der Waals surface area contributed by atoms with Crippen molar-refractivity contribution in [2.24, 2.45) is 0 Å². The van der Waals surface area contributed by atoms with Gasteiger partial charge in [-0.15, -0.1) is 8.78 Å². The first-order chi connectivity index (χ1) is 15.2. The number of aromatic amines is 1. The Labute approximate surface area is 188 Å². The number of aromatic nitrogens is 2. The zero-order valence-electron chi connectivity index (χ0n) is 17.1. The number of nitrogens with zero attached hydrogens (tertiary/aromatic N) is 2. The summed E-state index contributed by atoms with van der Waals surface area (Å²) in [5, 5.41) is 19.9. The second kappa shape index (κ2) is 8.76. The highest BCUT2D eigenvalue weighted by Crippen LogP contribution is 2.33. The predicted molar refractivity (Wildman–Crippen MR) is 117 cm³/mol. The number of alkyl halides is 3. The highest BCUT2D eigenvalue weighted by molar-refractivity contribution is 6.20. The van der Waals surface area contributed by atoms with Crippen molar-refractivity contribution in [1.82, 2.24) is 10.2 Å². The van der Waals surface area contributed by atoms with Gasteiger partial charge in [0.2, 0.25) is 0 Å². The fourth-order valence-corrected chi connectivity index (χ4v) is 3.71. The lowest BCUT2D eigenvalue weighted by atomic mass is 10.0. The Bertz CT molecular complexity index is 1120. The number of halogens is 3. The van der Waals surface area contributed by atoms with Crippen LogP contribution in [-0.2, 0) is 0 Å². The molecule has 10 heteroatoms. The maximum atomic E-state index is 12.8. The molecule has 1 atom stereocenters. The van der Waals surface area contributed by atoms with Gasteiger partial charge in [0.1, 0.15) is 5.75 Å². The number of anilines is 2. The van der Waals surface area contributed by atoms with Crippen molar-refractivity contribution in [3.8, 4) is 17.0 Å². The lowest BCUT2D eigenvalue weighted by molar-refractivity contribution is -0.0964. The van der Waals surface area contributed by atoms with E-state index in [0.717, 1.165) is 16.9 Å². The summed E-state index contributed by atoms with van der Waals surface area (Å²) in [6.45, 7) is 3.11. The van der Waals surface area contributed by atoms with Crippen LogP contribution in [0.2, 0.25) is 0 Å². The first kappa shape index (κ1) is 22.0. The van der Waals surface area contributed by atoms with Gasteiger partial charge in [0.25, 0.3) is 5.91 Å². The summed E-state index contributed by atoms with van der Waals surface area (Å²) in [5.74, 6) is -0.501. The van der Waals surface area contributed by atoms with E-state index >= 15 is 0 Å². The topological polar surface area (TPSA) is 90.5 Å². The van der Waals surface area contributed by atoms with Crippen LogP contribution in [0.3, 0.4) is 0 Å². The van der Waals surface area contributed by atoms with E-state index < -0.39 is 11.7 Å². The third kappa shape index (κ3) is 5.17. The van der Waals surface area contributed by atoms with E-state index in [0.29, 0.717) is 36.5 Å². The molecule has 1 aliphatic heterocycles. The SMILES string of the molecule is Cc1cc(-c2cc(C(=O)Nc3ccc(OC(F)(F)Cl)cc3)ccc2N2CCC(O)C2)n[nH]1. The number of β-amino-alcohol motifs (C(OH)–C–C–N with tert-alkyl or cyclic N) is 1. The standard InChI is InChI=1S/C22H21ClF2N4O3/c1-13-10-19(28-27-13)18-11-14(2-7-20(18)29-9-8-16(30)12-29)21(31)26-15-3-5-17(6-4-15)32-22(23,24)25/h2-7,10-11,16,30H,8-9,12H2,1H3,(H,26,31)(H,27,28).